The van der Waals surface area contributed by atoms with E-state index in [4.69, 9.17) is 0 Å². The maximum absolute atomic E-state index is 3.90. The summed E-state index contributed by atoms with van der Waals surface area (Å²) in [4.78, 5) is 2.11. The third-order valence-corrected chi connectivity index (χ3v) is 3.67. The van der Waals surface area contributed by atoms with E-state index in [-0.39, 0.29) is 0 Å². The van der Waals surface area contributed by atoms with Gasteiger partial charge in [0.25, 0.3) is 0 Å². The highest BCUT2D eigenvalue weighted by molar-refractivity contribution is 5.54. The SMILES string of the molecule is CN(C)c1ccc(NCCCc2ccc(C[NH3+])cc2)cc1. The summed E-state index contributed by atoms with van der Waals surface area (Å²) >= 11 is 0. The van der Waals surface area contributed by atoms with Crippen LogP contribution in [0, 0.1) is 0 Å². The summed E-state index contributed by atoms with van der Waals surface area (Å²) in [5.74, 6) is 0. The van der Waals surface area contributed by atoms with Crippen LogP contribution in [-0.2, 0) is 13.0 Å². The molecule has 0 aliphatic heterocycles. The minimum atomic E-state index is 0.866. The monoisotopic (exact) mass is 284 g/mol. The van der Waals surface area contributed by atoms with Crippen LogP contribution >= 0.6 is 0 Å². The lowest BCUT2D eigenvalue weighted by molar-refractivity contribution is -0.386. The molecule has 3 heteroatoms. The third-order valence-electron chi connectivity index (χ3n) is 3.67. The number of hydrogen-bond donors (Lipinski definition) is 2. The molecule has 21 heavy (non-hydrogen) atoms. The lowest BCUT2D eigenvalue weighted by Gasteiger charge is -2.13. The number of benzene rings is 2. The lowest BCUT2D eigenvalue weighted by atomic mass is 10.1. The summed E-state index contributed by atoms with van der Waals surface area (Å²) in [5.41, 5.74) is 9.02. The van der Waals surface area contributed by atoms with E-state index < -0.39 is 0 Å². The number of nitrogens with one attached hydrogen (secondary N) is 1. The van der Waals surface area contributed by atoms with E-state index in [0.717, 1.165) is 25.9 Å². The summed E-state index contributed by atoms with van der Waals surface area (Å²) < 4.78 is 0. The number of quaternary nitrogens is 1. The summed E-state index contributed by atoms with van der Waals surface area (Å²) in [6.45, 7) is 1.86. The molecule has 0 spiro atoms. The highest BCUT2D eigenvalue weighted by Crippen LogP contribution is 2.15. The molecule has 112 valence electrons. The summed E-state index contributed by atoms with van der Waals surface area (Å²) in [5, 5.41) is 3.48. The van der Waals surface area contributed by atoms with Gasteiger partial charge in [-0.2, -0.15) is 0 Å². The van der Waals surface area contributed by atoms with Gasteiger partial charge in [0, 0.05) is 37.6 Å². The second-order valence-corrected chi connectivity index (χ2v) is 5.54. The van der Waals surface area contributed by atoms with Crippen molar-refractivity contribution in [3.63, 3.8) is 0 Å². The molecule has 3 nitrogen and oxygen atoms in total. The minimum absolute atomic E-state index is 0.866. The normalized spacial score (nSPS) is 10.4. The van der Waals surface area contributed by atoms with Crippen molar-refractivity contribution >= 4 is 11.4 Å². The molecule has 0 aromatic heterocycles. The average Bonchev–Trinajstić information content (AvgIpc) is 2.52. The standard InChI is InChI=1S/C18H25N3/c1-21(2)18-11-9-17(10-12-18)20-13-3-4-15-5-7-16(14-19)8-6-15/h5-12,20H,3-4,13-14,19H2,1-2H3/p+1. The van der Waals surface area contributed by atoms with E-state index in [0.29, 0.717) is 0 Å². The third kappa shape index (κ3) is 4.80. The van der Waals surface area contributed by atoms with Gasteiger partial charge in [0.1, 0.15) is 0 Å². The Labute approximate surface area is 127 Å². The van der Waals surface area contributed by atoms with Crippen LogP contribution in [0.4, 0.5) is 11.4 Å². The molecule has 0 bridgehead atoms. The first kappa shape index (κ1) is 15.4. The molecule has 0 saturated carbocycles. The largest absolute Gasteiger partial charge is 0.385 e. The van der Waals surface area contributed by atoms with E-state index in [1.807, 2.05) is 0 Å². The molecule has 2 aromatic rings. The van der Waals surface area contributed by atoms with Gasteiger partial charge in [0.2, 0.25) is 0 Å². The van der Waals surface area contributed by atoms with E-state index >= 15 is 0 Å². The van der Waals surface area contributed by atoms with Gasteiger partial charge < -0.3 is 16.0 Å². The zero-order chi connectivity index (χ0) is 15.1. The van der Waals surface area contributed by atoms with Crippen LogP contribution in [0.25, 0.3) is 0 Å². The van der Waals surface area contributed by atoms with Crippen molar-refractivity contribution in [3.05, 3.63) is 59.7 Å². The Hall–Kier alpha value is -2.00. The van der Waals surface area contributed by atoms with E-state index in [1.54, 1.807) is 0 Å². The van der Waals surface area contributed by atoms with Crippen LogP contribution < -0.4 is 16.0 Å². The molecule has 2 rings (SSSR count). The van der Waals surface area contributed by atoms with Gasteiger partial charge in [0.05, 0.1) is 6.54 Å². The van der Waals surface area contributed by atoms with Crippen LogP contribution in [0.15, 0.2) is 48.5 Å². The topological polar surface area (TPSA) is 42.9 Å². The lowest BCUT2D eigenvalue weighted by Crippen LogP contribution is -2.47. The molecule has 0 atom stereocenters. The first-order chi connectivity index (χ1) is 10.2. The van der Waals surface area contributed by atoms with Crippen molar-refractivity contribution < 1.29 is 5.73 Å². The molecule has 2 aromatic carbocycles. The number of anilines is 2. The molecule has 0 aliphatic carbocycles. The van der Waals surface area contributed by atoms with Crippen LogP contribution in [0.5, 0.6) is 0 Å². The molecular formula is C18H26N3+. The Balaban J connectivity index is 1.73. The Kier molecular flexibility index (Phi) is 5.64. The Morgan fingerprint density at radius 3 is 2.10 bits per heavy atom. The van der Waals surface area contributed by atoms with Gasteiger partial charge in [-0.05, 0) is 42.7 Å². The Morgan fingerprint density at radius 1 is 0.905 bits per heavy atom. The van der Waals surface area contributed by atoms with Crippen LogP contribution in [0.3, 0.4) is 0 Å². The van der Waals surface area contributed by atoms with E-state index in [1.165, 1.54) is 22.5 Å². The molecule has 0 heterocycles. The summed E-state index contributed by atoms with van der Waals surface area (Å²) in [6.07, 6.45) is 2.25. The molecule has 0 aliphatic rings. The van der Waals surface area contributed by atoms with Crippen molar-refractivity contribution in [2.24, 2.45) is 0 Å². The number of hydrogen-bond acceptors (Lipinski definition) is 2. The summed E-state index contributed by atoms with van der Waals surface area (Å²) in [7, 11) is 4.12. The molecular weight excluding hydrogens is 258 g/mol. The van der Waals surface area contributed by atoms with E-state index in [2.05, 4.69) is 78.6 Å². The van der Waals surface area contributed by atoms with Gasteiger partial charge in [-0.25, -0.2) is 0 Å². The van der Waals surface area contributed by atoms with Crippen LogP contribution in [0.1, 0.15) is 17.5 Å². The fourth-order valence-corrected chi connectivity index (χ4v) is 2.28. The van der Waals surface area contributed by atoms with Crippen molar-refractivity contribution in [1.29, 1.82) is 0 Å². The highest BCUT2D eigenvalue weighted by atomic mass is 15.1. The molecule has 0 fully saturated rings. The molecule has 0 saturated heterocycles. The Bertz CT molecular complexity index is 529. The Morgan fingerprint density at radius 2 is 1.52 bits per heavy atom. The molecule has 0 radical (unpaired) electrons. The quantitative estimate of drug-likeness (QED) is 0.767. The highest BCUT2D eigenvalue weighted by Gasteiger charge is 1.97. The van der Waals surface area contributed by atoms with E-state index in [9.17, 15) is 0 Å². The van der Waals surface area contributed by atoms with Crippen molar-refractivity contribution in [2.45, 2.75) is 19.4 Å². The first-order valence-corrected chi connectivity index (χ1v) is 7.57. The predicted octanol–water partition coefficient (Wildman–Crippen LogP) is 2.54. The zero-order valence-electron chi connectivity index (χ0n) is 13.1. The second-order valence-electron chi connectivity index (χ2n) is 5.54. The first-order valence-electron chi connectivity index (χ1n) is 7.57. The molecule has 0 unspecified atom stereocenters. The fourth-order valence-electron chi connectivity index (χ4n) is 2.28. The number of nitrogens with zero attached hydrogens (tertiary/aromatic N) is 1. The predicted molar refractivity (Wildman–Crippen MR) is 90.6 cm³/mol. The van der Waals surface area contributed by atoms with Crippen LogP contribution in [0.2, 0.25) is 0 Å². The molecule has 0 amide bonds. The van der Waals surface area contributed by atoms with Gasteiger partial charge in [0.15, 0.2) is 0 Å². The second kappa shape index (κ2) is 7.70. The van der Waals surface area contributed by atoms with Gasteiger partial charge in [-0.3, -0.25) is 0 Å². The van der Waals surface area contributed by atoms with Crippen molar-refractivity contribution in [1.82, 2.24) is 0 Å². The smallest absolute Gasteiger partial charge is 0.0997 e. The molecule has 4 N–H and O–H groups in total. The van der Waals surface area contributed by atoms with Gasteiger partial charge in [-0.15, -0.1) is 0 Å². The summed E-state index contributed by atoms with van der Waals surface area (Å²) in [6, 6.07) is 17.3. The van der Waals surface area contributed by atoms with Crippen molar-refractivity contribution in [3.8, 4) is 0 Å². The number of aryl methyl sites for hydroxylation is 1. The van der Waals surface area contributed by atoms with Crippen LogP contribution in [-0.4, -0.2) is 20.6 Å². The fraction of sp³-hybridized carbons (Fsp3) is 0.333. The minimum Gasteiger partial charge on any atom is -0.385 e. The van der Waals surface area contributed by atoms with Gasteiger partial charge in [-0.1, -0.05) is 24.3 Å². The number of rotatable bonds is 7. The van der Waals surface area contributed by atoms with Gasteiger partial charge >= 0.3 is 0 Å². The maximum Gasteiger partial charge on any atom is 0.0997 e. The average molecular weight is 284 g/mol. The van der Waals surface area contributed by atoms with Crippen molar-refractivity contribution in [2.75, 3.05) is 30.9 Å². The zero-order valence-corrected chi connectivity index (χ0v) is 13.1. The maximum atomic E-state index is 3.90.